The standard InChI is InChI=1S/C34H36ClFN6O2/c1-40-17-26-25-8-7-20(38-25)16-42(26)31-23-15-37-29(22-14-21(43)13-19-5-2-6-24(35)27(19)22)28(36)30(23)39-33(32(31)40)44-18-34-9-3-11-41(34)12-4-10-34/h2,5-6,13-15,20,25-26,38,43H,3-4,7-12,16-18H2,1H3. The van der Waals surface area contributed by atoms with E-state index in [1.54, 1.807) is 18.3 Å². The number of piperazine rings is 1. The molecule has 2 aromatic heterocycles. The van der Waals surface area contributed by atoms with Gasteiger partial charge in [0.05, 0.1) is 17.3 Å². The van der Waals surface area contributed by atoms with E-state index in [1.165, 1.54) is 18.9 Å². The molecule has 3 atom stereocenters. The Morgan fingerprint density at radius 1 is 1.14 bits per heavy atom. The Morgan fingerprint density at radius 3 is 2.82 bits per heavy atom. The Kier molecular flexibility index (Phi) is 6.00. The van der Waals surface area contributed by atoms with Crippen LogP contribution in [0.1, 0.15) is 38.5 Å². The maximum atomic E-state index is 17.0. The van der Waals surface area contributed by atoms with Gasteiger partial charge in [-0.15, -0.1) is 0 Å². The van der Waals surface area contributed by atoms with E-state index in [0.717, 1.165) is 63.2 Å². The zero-order valence-corrected chi connectivity index (χ0v) is 25.6. The van der Waals surface area contributed by atoms with E-state index < -0.39 is 5.82 Å². The van der Waals surface area contributed by atoms with E-state index in [4.69, 9.17) is 26.3 Å². The average Bonchev–Trinajstić information content (AvgIpc) is 3.71. The molecule has 9 rings (SSSR count). The molecule has 4 fully saturated rings. The number of phenols is 1. The molecular formula is C34H36ClFN6O2. The molecule has 7 heterocycles. The molecule has 3 unspecified atom stereocenters. The molecule has 2 N–H and O–H groups in total. The molecule has 10 heteroatoms. The van der Waals surface area contributed by atoms with E-state index in [2.05, 4.69) is 27.1 Å². The molecule has 44 heavy (non-hydrogen) atoms. The number of fused-ring (bicyclic) bond motifs is 10. The normalized spacial score (nSPS) is 25.5. The fourth-order valence-electron chi connectivity index (χ4n) is 9.03. The molecule has 0 radical (unpaired) electrons. The summed E-state index contributed by atoms with van der Waals surface area (Å²) in [7, 11) is 2.10. The first kappa shape index (κ1) is 27.0. The molecule has 2 aromatic carbocycles. The topological polar surface area (TPSA) is 77.0 Å². The maximum absolute atomic E-state index is 17.0. The lowest BCUT2D eigenvalue weighted by Gasteiger charge is -2.49. The van der Waals surface area contributed by atoms with Crippen LogP contribution in [0, 0.1) is 5.82 Å². The van der Waals surface area contributed by atoms with E-state index in [1.807, 2.05) is 12.1 Å². The van der Waals surface area contributed by atoms with Gasteiger partial charge in [-0.2, -0.15) is 0 Å². The predicted octanol–water partition coefficient (Wildman–Crippen LogP) is 5.71. The lowest BCUT2D eigenvalue weighted by molar-refractivity contribution is 0.111. The molecule has 2 bridgehead atoms. The minimum Gasteiger partial charge on any atom is -0.508 e. The van der Waals surface area contributed by atoms with Crippen LogP contribution in [0.15, 0.2) is 36.5 Å². The Bertz CT molecular complexity index is 1830. The van der Waals surface area contributed by atoms with Crippen molar-refractivity contribution in [1.82, 2.24) is 20.2 Å². The van der Waals surface area contributed by atoms with Crippen LogP contribution in [0.5, 0.6) is 11.6 Å². The van der Waals surface area contributed by atoms with Gasteiger partial charge in [0.25, 0.3) is 0 Å². The molecular weight excluding hydrogens is 579 g/mol. The summed E-state index contributed by atoms with van der Waals surface area (Å²) in [4.78, 5) is 17.0. The number of nitrogens with zero attached hydrogens (tertiary/aromatic N) is 5. The third-order valence-corrected chi connectivity index (χ3v) is 11.3. The van der Waals surface area contributed by atoms with Gasteiger partial charge >= 0.3 is 0 Å². The number of aromatic nitrogens is 2. The molecule has 0 spiro atoms. The Balaban J connectivity index is 1.25. The molecule has 228 valence electrons. The number of rotatable bonds is 4. The molecule has 0 saturated carbocycles. The lowest BCUT2D eigenvalue weighted by atomic mass is 9.95. The van der Waals surface area contributed by atoms with Crippen LogP contribution < -0.4 is 19.9 Å². The van der Waals surface area contributed by atoms with Gasteiger partial charge in [0.2, 0.25) is 5.88 Å². The van der Waals surface area contributed by atoms with Crippen molar-refractivity contribution in [2.45, 2.75) is 62.2 Å². The van der Waals surface area contributed by atoms with Crippen LogP contribution >= 0.6 is 11.6 Å². The first-order chi connectivity index (χ1) is 21.4. The smallest absolute Gasteiger partial charge is 0.240 e. The minimum absolute atomic E-state index is 0.0242. The van der Waals surface area contributed by atoms with Crippen LogP contribution in [0.3, 0.4) is 0 Å². The van der Waals surface area contributed by atoms with Crippen molar-refractivity contribution in [3.63, 3.8) is 0 Å². The number of anilines is 2. The second-order valence-corrected chi connectivity index (χ2v) is 13.9. The van der Waals surface area contributed by atoms with Gasteiger partial charge in [0, 0.05) is 59.8 Å². The molecule has 4 saturated heterocycles. The fourth-order valence-corrected chi connectivity index (χ4v) is 9.31. The summed E-state index contributed by atoms with van der Waals surface area (Å²) in [6.45, 7) is 4.48. The number of benzene rings is 2. The summed E-state index contributed by atoms with van der Waals surface area (Å²) in [6, 6.07) is 9.67. The first-order valence-corrected chi connectivity index (χ1v) is 16.3. The van der Waals surface area contributed by atoms with Gasteiger partial charge in [-0.25, -0.2) is 9.37 Å². The number of hydrogen-bond acceptors (Lipinski definition) is 8. The first-order valence-electron chi connectivity index (χ1n) is 16.0. The highest BCUT2D eigenvalue weighted by molar-refractivity contribution is 6.36. The fraction of sp³-hybridized carbons (Fsp3) is 0.471. The molecule has 0 amide bonds. The van der Waals surface area contributed by atoms with Crippen LogP contribution in [0.2, 0.25) is 5.02 Å². The molecule has 5 aliphatic rings. The van der Waals surface area contributed by atoms with Crippen LogP contribution in [0.25, 0.3) is 32.9 Å². The van der Waals surface area contributed by atoms with Crippen molar-refractivity contribution in [2.75, 3.05) is 49.6 Å². The summed E-state index contributed by atoms with van der Waals surface area (Å²) in [5.41, 5.74) is 2.71. The molecule has 8 nitrogen and oxygen atoms in total. The largest absolute Gasteiger partial charge is 0.508 e. The van der Waals surface area contributed by atoms with Crippen molar-refractivity contribution >= 4 is 44.7 Å². The van der Waals surface area contributed by atoms with E-state index in [-0.39, 0.29) is 28.5 Å². The highest BCUT2D eigenvalue weighted by atomic mass is 35.5. The van der Waals surface area contributed by atoms with E-state index in [0.29, 0.717) is 51.3 Å². The second kappa shape index (κ2) is 9.80. The highest BCUT2D eigenvalue weighted by Gasteiger charge is 2.47. The third kappa shape index (κ3) is 3.88. The van der Waals surface area contributed by atoms with Crippen molar-refractivity contribution in [3.8, 4) is 22.9 Å². The number of pyridine rings is 2. The Hall–Kier alpha value is -3.40. The molecule has 0 aliphatic carbocycles. The van der Waals surface area contributed by atoms with Gasteiger partial charge in [-0.05, 0) is 75.2 Å². The predicted molar refractivity (Wildman–Crippen MR) is 172 cm³/mol. The number of halogens is 2. The van der Waals surface area contributed by atoms with Gasteiger partial charge in [0.15, 0.2) is 5.82 Å². The molecule has 4 aromatic rings. The van der Waals surface area contributed by atoms with Gasteiger partial charge in [-0.3, -0.25) is 9.88 Å². The van der Waals surface area contributed by atoms with Gasteiger partial charge < -0.3 is 25.0 Å². The van der Waals surface area contributed by atoms with Gasteiger partial charge in [-0.1, -0.05) is 23.7 Å². The van der Waals surface area contributed by atoms with E-state index >= 15 is 4.39 Å². The number of nitrogens with one attached hydrogen (secondary N) is 1. The van der Waals surface area contributed by atoms with Crippen LogP contribution in [0.4, 0.5) is 15.8 Å². The van der Waals surface area contributed by atoms with Crippen molar-refractivity contribution in [2.24, 2.45) is 0 Å². The van der Waals surface area contributed by atoms with Crippen LogP contribution in [-0.4, -0.2) is 83.5 Å². The number of ether oxygens (including phenoxy) is 1. The number of hydrogen-bond donors (Lipinski definition) is 2. The van der Waals surface area contributed by atoms with E-state index in [9.17, 15) is 5.11 Å². The summed E-state index contributed by atoms with van der Waals surface area (Å²) < 4.78 is 23.7. The zero-order valence-electron chi connectivity index (χ0n) is 24.8. The minimum atomic E-state index is -0.536. The van der Waals surface area contributed by atoms with Crippen LogP contribution in [-0.2, 0) is 0 Å². The number of likely N-dealkylation sites (N-methyl/N-ethyl adjacent to an activating group) is 1. The Labute approximate surface area is 260 Å². The Morgan fingerprint density at radius 2 is 1.98 bits per heavy atom. The van der Waals surface area contributed by atoms with Crippen molar-refractivity contribution in [3.05, 3.63) is 47.4 Å². The lowest BCUT2D eigenvalue weighted by Crippen LogP contribution is -2.63. The van der Waals surface area contributed by atoms with Crippen molar-refractivity contribution < 1.29 is 14.2 Å². The summed E-state index contributed by atoms with van der Waals surface area (Å²) in [5, 5.41) is 16.9. The summed E-state index contributed by atoms with van der Waals surface area (Å²) >= 11 is 6.64. The quantitative estimate of drug-likeness (QED) is 0.303. The average molecular weight is 615 g/mol. The SMILES string of the molecule is CN1CC2C3CCC(CN2c2c1c(OCC14CCCN1CCC4)nc1c(F)c(-c4cc(O)cc5cccc(Cl)c45)ncc21)N3. The number of phenolic OH excluding ortho intramolecular Hbond substituents is 1. The zero-order chi connectivity index (χ0) is 29.7. The summed E-state index contributed by atoms with van der Waals surface area (Å²) in [6.07, 6.45) is 8.64. The summed E-state index contributed by atoms with van der Waals surface area (Å²) in [5.74, 6) is -0.0233. The van der Waals surface area contributed by atoms with Crippen molar-refractivity contribution in [1.29, 1.82) is 0 Å². The highest BCUT2D eigenvalue weighted by Crippen LogP contribution is 2.50. The molecule has 5 aliphatic heterocycles. The van der Waals surface area contributed by atoms with Gasteiger partial charge in [0.1, 0.15) is 29.3 Å². The number of aromatic hydroxyl groups is 1. The third-order valence-electron chi connectivity index (χ3n) is 11.0. The second-order valence-electron chi connectivity index (χ2n) is 13.5. The maximum Gasteiger partial charge on any atom is 0.240 e. The monoisotopic (exact) mass is 614 g/mol.